The third kappa shape index (κ3) is 3.94. The van der Waals surface area contributed by atoms with Gasteiger partial charge in [0.1, 0.15) is 5.82 Å². The summed E-state index contributed by atoms with van der Waals surface area (Å²) in [6, 6.07) is 27.2. The van der Waals surface area contributed by atoms with Crippen molar-refractivity contribution in [1.29, 1.82) is 0 Å². The highest BCUT2D eigenvalue weighted by molar-refractivity contribution is 5.80. The predicted octanol–water partition coefficient (Wildman–Crippen LogP) is 4.80. The fraction of sp³-hybridized carbons (Fsp3) is 0.0385. The average molecular weight is 404 g/mol. The largest absolute Gasteiger partial charge is 0.268 e. The van der Waals surface area contributed by atoms with Crippen LogP contribution in [0.1, 0.15) is 17.0 Å². The maximum atomic E-state index is 13.2. The second-order valence-electron chi connectivity index (χ2n) is 7.25. The lowest BCUT2D eigenvalue weighted by Gasteiger charge is -2.11. The molecule has 3 aromatic carbocycles. The van der Waals surface area contributed by atoms with Gasteiger partial charge in [-0.25, -0.2) is 4.98 Å². The molecular formula is C26H20N4O. The Labute approximate surface area is 179 Å². The zero-order chi connectivity index (χ0) is 21.0. The van der Waals surface area contributed by atoms with Gasteiger partial charge in [0.2, 0.25) is 0 Å². The fourth-order valence-electron chi connectivity index (χ4n) is 3.58. The Morgan fingerprint density at radius 3 is 2.32 bits per heavy atom. The monoisotopic (exact) mass is 404 g/mol. The van der Waals surface area contributed by atoms with Gasteiger partial charge < -0.3 is 0 Å². The lowest BCUT2D eigenvalue weighted by molar-refractivity contribution is 0.687. The first-order valence-corrected chi connectivity index (χ1v) is 10.1. The van der Waals surface area contributed by atoms with E-state index in [0.29, 0.717) is 23.3 Å². The van der Waals surface area contributed by atoms with Gasteiger partial charge in [-0.1, -0.05) is 60.7 Å². The summed E-state index contributed by atoms with van der Waals surface area (Å²) in [6.45, 7) is 0.706. The molecule has 31 heavy (non-hydrogen) atoms. The van der Waals surface area contributed by atoms with E-state index in [4.69, 9.17) is 4.98 Å². The molecule has 0 atom stereocenters. The molecule has 5 nitrogen and oxygen atoms in total. The fourth-order valence-corrected chi connectivity index (χ4v) is 3.58. The lowest BCUT2D eigenvalue weighted by Crippen LogP contribution is -2.22. The van der Waals surface area contributed by atoms with Crippen LogP contribution in [0.2, 0.25) is 0 Å². The van der Waals surface area contributed by atoms with Gasteiger partial charge in [-0.3, -0.25) is 14.0 Å². The van der Waals surface area contributed by atoms with Crippen LogP contribution in [0.3, 0.4) is 0 Å². The van der Waals surface area contributed by atoms with Gasteiger partial charge in [0.25, 0.3) is 5.56 Å². The molecule has 0 unspecified atom stereocenters. The van der Waals surface area contributed by atoms with Crippen molar-refractivity contribution in [2.45, 2.75) is 6.54 Å². The number of hydrogen-bond donors (Lipinski definition) is 0. The van der Waals surface area contributed by atoms with Gasteiger partial charge in [0.15, 0.2) is 0 Å². The van der Waals surface area contributed by atoms with Crippen LogP contribution in [-0.4, -0.2) is 19.3 Å². The maximum absolute atomic E-state index is 13.2. The molecule has 0 saturated carbocycles. The highest BCUT2D eigenvalue weighted by Gasteiger charge is 2.10. The van der Waals surface area contributed by atoms with Gasteiger partial charge in [-0.2, -0.15) is 5.10 Å². The minimum atomic E-state index is -0.0868. The van der Waals surface area contributed by atoms with Crippen molar-refractivity contribution in [3.05, 3.63) is 125 Å². The molecule has 0 N–H and O–H groups in total. The van der Waals surface area contributed by atoms with Crippen LogP contribution in [0.25, 0.3) is 28.7 Å². The van der Waals surface area contributed by atoms with Crippen molar-refractivity contribution in [2.75, 3.05) is 0 Å². The molecule has 5 aromatic rings. The van der Waals surface area contributed by atoms with Crippen molar-refractivity contribution in [3.8, 4) is 5.69 Å². The van der Waals surface area contributed by atoms with Crippen molar-refractivity contribution in [1.82, 2.24) is 19.3 Å². The number of aromatic nitrogens is 4. The zero-order valence-electron chi connectivity index (χ0n) is 16.8. The third-order valence-corrected chi connectivity index (χ3v) is 5.08. The molecule has 5 heteroatoms. The Balaban J connectivity index is 1.53. The van der Waals surface area contributed by atoms with Crippen molar-refractivity contribution < 1.29 is 0 Å². The smallest absolute Gasteiger partial charge is 0.266 e. The quantitative estimate of drug-likeness (QED) is 0.423. The van der Waals surface area contributed by atoms with Crippen LogP contribution in [-0.2, 0) is 6.54 Å². The van der Waals surface area contributed by atoms with E-state index in [1.165, 1.54) is 5.56 Å². The summed E-state index contributed by atoms with van der Waals surface area (Å²) in [4.78, 5) is 18.0. The van der Waals surface area contributed by atoms with Crippen LogP contribution in [0.15, 0.2) is 102 Å². The molecule has 0 aliphatic heterocycles. The van der Waals surface area contributed by atoms with E-state index >= 15 is 0 Å². The summed E-state index contributed by atoms with van der Waals surface area (Å²) in [6.07, 6.45) is 7.59. The molecule has 0 amide bonds. The molecule has 5 rings (SSSR count). The molecule has 150 valence electrons. The van der Waals surface area contributed by atoms with E-state index in [-0.39, 0.29) is 5.56 Å². The topological polar surface area (TPSA) is 52.7 Å². The summed E-state index contributed by atoms with van der Waals surface area (Å²) in [7, 11) is 0. The van der Waals surface area contributed by atoms with Crippen LogP contribution < -0.4 is 5.56 Å². The Morgan fingerprint density at radius 1 is 0.806 bits per heavy atom. The van der Waals surface area contributed by atoms with E-state index in [2.05, 4.69) is 17.2 Å². The molecule has 0 fully saturated rings. The van der Waals surface area contributed by atoms with Gasteiger partial charge in [-0.15, -0.1) is 0 Å². The summed E-state index contributed by atoms with van der Waals surface area (Å²) < 4.78 is 3.54. The summed E-state index contributed by atoms with van der Waals surface area (Å²) >= 11 is 0. The number of fused-ring (bicyclic) bond motifs is 1. The summed E-state index contributed by atoms with van der Waals surface area (Å²) in [5.74, 6) is 0.575. The highest BCUT2D eigenvalue weighted by Crippen LogP contribution is 2.15. The van der Waals surface area contributed by atoms with Crippen LogP contribution in [0.5, 0.6) is 0 Å². The van der Waals surface area contributed by atoms with Gasteiger partial charge in [0.05, 0.1) is 29.3 Å². The SMILES string of the molecule is O=c1c2ccccc2nc(/C=C/c2cnn(Cc3ccccc3)c2)n1-c1ccccc1. The van der Waals surface area contributed by atoms with Crippen LogP contribution in [0.4, 0.5) is 0 Å². The van der Waals surface area contributed by atoms with E-state index < -0.39 is 0 Å². The molecule has 0 aliphatic rings. The molecule has 0 radical (unpaired) electrons. The van der Waals surface area contributed by atoms with Crippen molar-refractivity contribution >= 4 is 23.1 Å². The summed E-state index contributed by atoms with van der Waals surface area (Å²) in [5.41, 5.74) is 3.51. The van der Waals surface area contributed by atoms with E-state index in [1.807, 2.05) is 102 Å². The number of para-hydroxylation sites is 2. The standard InChI is InChI=1S/C26H20N4O/c31-26-23-13-7-8-14-24(23)28-25(30(26)22-11-5-2-6-12-22)16-15-21-17-27-29(19-21)18-20-9-3-1-4-10-20/h1-17,19H,18H2/b16-15+. The Morgan fingerprint density at radius 2 is 1.52 bits per heavy atom. The Kier molecular flexibility index (Phi) is 4.99. The third-order valence-electron chi connectivity index (χ3n) is 5.08. The number of nitrogens with zero attached hydrogens (tertiary/aromatic N) is 4. The zero-order valence-corrected chi connectivity index (χ0v) is 16.8. The molecular weight excluding hydrogens is 384 g/mol. The normalized spacial score (nSPS) is 11.4. The number of hydrogen-bond acceptors (Lipinski definition) is 3. The lowest BCUT2D eigenvalue weighted by atomic mass is 10.2. The van der Waals surface area contributed by atoms with Gasteiger partial charge in [-0.05, 0) is 42.0 Å². The highest BCUT2D eigenvalue weighted by atomic mass is 16.1. The van der Waals surface area contributed by atoms with E-state index in [0.717, 1.165) is 11.3 Å². The molecule has 0 bridgehead atoms. The summed E-state index contributed by atoms with van der Waals surface area (Å²) in [5, 5.41) is 5.04. The molecule has 0 aliphatic carbocycles. The minimum Gasteiger partial charge on any atom is -0.268 e. The van der Waals surface area contributed by atoms with Crippen LogP contribution >= 0.6 is 0 Å². The molecule has 2 heterocycles. The molecule has 0 saturated heterocycles. The van der Waals surface area contributed by atoms with Crippen LogP contribution in [0, 0.1) is 0 Å². The van der Waals surface area contributed by atoms with Crippen molar-refractivity contribution in [2.24, 2.45) is 0 Å². The molecule has 0 spiro atoms. The predicted molar refractivity (Wildman–Crippen MR) is 124 cm³/mol. The second-order valence-corrected chi connectivity index (χ2v) is 7.25. The van der Waals surface area contributed by atoms with E-state index in [1.54, 1.807) is 4.57 Å². The first-order valence-electron chi connectivity index (χ1n) is 10.1. The number of benzene rings is 3. The van der Waals surface area contributed by atoms with E-state index in [9.17, 15) is 4.79 Å². The molecule has 2 aromatic heterocycles. The first kappa shape index (κ1) is 18.8. The van der Waals surface area contributed by atoms with Gasteiger partial charge >= 0.3 is 0 Å². The average Bonchev–Trinajstić information content (AvgIpc) is 3.26. The first-order chi connectivity index (χ1) is 15.3. The van der Waals surface area contributed by atoms with Gasteiger partial charge in [0, 0.05) is 11.8 Å². The number of rotatable bonds is 5. The Hall–Kier alpha value is -4.25. The minimum absolute atomic E-state index is 0.0868. The maximum Gasteiger partial charge on any atom is 0.266 e. The second kappa shape index (κ2) is 8.24. The van der Waals surface area contributed by atoms with Crippen molar-refractivity contribution in [3.63, 3.8) is 0 Å². The Bertz CT molecular complexity index is 1420.